The number of hydrogen-bond donors (Lipinski definition) is 0. The van der Waals surface area contributed by atoms with Crippen LogP contribution in [0.25, 0.3) is 0 Å². The lowest BCUT2D eigenvalue weighted by atomic mass is 9.47. The molecule has 0 bridgehead atoms. The van der Waals surface area contributed by atoms with Gasteiger partial charge in [-0.3, -0.25) is 14.4 Å². The number of hydrogen-bond acceptors (Lipinski definition) is 5. The van der Waals surface area contributed by atoms with Gasteiger partial charge in [-0.2, -0.15) is 0 Å². The Morgan fingerprint density at radius 1 is 1.03 bits per heavy atom. The number of nitrogens with zero attached hydrogens (tertiary/aromatic N) is 1. The highest BCUT2D eigenvalue weighted by Crippen LogP contribution is 2.66. The zero-order chi connectivity index (χ0) is 26.4. The van der Waals surface area contributed by atoms with E-state index in [0.29, 0.717) is 10.5 Å². The molecule has 0 aromatic heterocycles. The van der Waals surface area contributed by atoms with Gasteiger partial charge in [0, 0.05) is 19.3 Å². The smallest absolute Gasteiger partial charge is 0.429 e. The van der Waals surface area contributed by atoms with Crippen molar-refractivity contribution in [2.45, 2.75) is 124 Å². The summed E-state index contributed by atoms with van der Waals surface area (Å²) in [4.78, 5) is 40.8. The maximum atomic E-state index is 12.3. The summed E-state index contributed by atoms with van der Waals surface area (Å²) in [6.07, 6.45) is 16.2. The summed E-state index contributed by atoms with van der Waals surface area (Å²) in [5, 5.41) is 0.567. The van der Waals surface area contributed by atoms with Gasteiger partial charge in [-0.05, 0) is 91.8 Å². The van der Waals surface area contributed by atoms with E-state index < -0.39 is 18.0 Å². The number of hydroxylamine groups is 2. The van der Waals surface area contributed by atoms with Gasteiger partial charge >= 0.3 is 6.16 Å². The van der Waals surface area contributed by atoms with Crippen LogP contribution in [0, 0.1) is 40.4 Å². The molecule has 6 heteroatoms. The van der Waals surface area contributed by atoms with Crippen molar-refractivity contribution in [3.8, 4) is 0 Å². The zero-order valence-electron chi connectivity index (χ0n) is 23.4. The van der Waals surface area contributed by atoms with Gasteiger partial charge < -0.3 is 4.74 Å². The Kier molecular flexibility index (Phi) is 7.50. The highest BCUT2D eigenvalue weighted by molar-refractivity contribution is 6.01. The van der Waals surface area contributed by atoms with Crippen LogP contribution in [0.4, 0.5) is 4.79 Å². The molecule has 206 valence electrons. The van der Waals surface area contributed by atoms with Crippen molar-refractivity contribution in [2.24, 2.45) is 40.4 Å². The van der Waals surface area contributed by atoms with Crippen molar-refractivity contribution < 1.29 is 24.0 Å². The van der Waals surface area contributed by atoms with Crippen LogP contribution >= 0.6 is 0 Å². The molecular formula is C31H47NO5. The fourth-order valence-electron chi connectivity index (χ4n) is 9.14. The van der Waals surface area contributed by atoms with Crippen LogP contribution in [0.1, 0.15) is 118 Å². The molecule has 2 amide bonds. The number of fused-ring (bicyclic) bond motifs is 5. The topological polar surface area (TPSA) is 72.9 Å². The molecule has 37 heavy (non-hydrogen) atoms. The second-order valence-corrected chi connectivity index (χ2v) is 13.7. The van der Waals surface area contributed by atoms with Gasteiger partial charge in [-0.25, -0.2) is 4.79 Å². The van der Waals surface area contributed by atoms with Crippen LogP contribution in [0.2, 0.25) is 0 Å². The first kappa shape index (κ1) is 26.7. The van der Waals surface area contributed by atoms with Crippen molar-refractivity contribution in [3.63, 3.8) is 0 Å². The molecule has 4 aliphatic carbocycles. The predicted molar refractivity (Wildman–Crippen MR) is 141 cm³/mol. The van der Waals surface area contributed by atoms with E-state index in [1.165, 1.54) is 56.9 Å². The van der Waals surface area contributed by atoms with E-state index in [1.807, 2.05) is 0 Å². The van der Waals surface area contributed by atoms with E-state index in [1.54, 1.807) is 0 Å². The van der Waals surface area contributed by atoms with E-state index in [4.69, 9.17) is 9.57 Å². The summed E-state index contributed by atoms with van der Waals surface area (Å²) >= 11 is 0. The summed E-state index contributed by atoms with van der Waals surface area (Å²) in [6, 6.07) is 0. The third-order valence-electron chi connectivity index (χ3n) is 11.3. The Labute approximate surface area is 222 Å². The first-order chi connectivity index (χ1) is 17.6. The van der Waals surface area contributed by atoms with Gasteiger partial charge in [0.05, 0.1) is 0 Å². The minimum Gasteiger partial charge on any atom is -0.429 e. The molecule has 1 heterocycles. The van der Waals surface area contributed by atoms with Crippen LogP contribution < -0.4 is 0 Å². The standard InChI is InChI=1S/C31H47NO5/c1-20(2)7-5-6-8-21-10-12-25-24-11-9-22-19-23(36-29(35)37-32-27(33)13-14-28(32)34)15-17-31(22,4)26(24)16-18-30(21,25)3/h9,20-21,23-26H,5-8,10-19H2,1-4H3/t21-,23-,24?,25-,26?,30+,31-/m0/s1. The largest absolute Gasteiger partial charge is 0.534 e. The fraction of sp³-hybridized carbons (Fsp3) is 0.839. The molecule has 3 saturated carbocycles. The highest BCUT2D eigenvalue weighted by atomic mass is 16.8. The number of carbonyl (C=O) groups is 3. The van der Waals surface area contributed by atoms with Crippen molar-refractivity contribution in [1.82, 2.24) is 5.06 Å². The zero-order valence-corrected chi connectivity index (χ0v) is 23.4. The Balaban J connectivity index is 1.20. The molecule has 0 radical (unpaired) electrons. The fourth-order valence-corrected chi connectivity index (χ4v) is 9.14. The Morgan fingerprint density at radius 3 is 2.51 bits per heavy atom. The van der Waals surface area contributed by atoms with Crippen LogP contribution in [-0.4, -0.2) is 29.1 Å². The molecule has 4 fully saturated rings. The molecule has 0 spiro atoms. The summed E-state index contributed by atoms with van der Waals surface area (Å²) in [7, 11) is 0. The van der Waals surface area contributed by atoms with Gasteiger partial charge in [0.2, 0.25) is 0 Å². The molecule has 0 N–H and O–H groups in total. The lowest BCUT2D eigenvalue weighted by Gasteiger charge is -2.58. The number of rotatable bonds is 7. The van der Waals surface area contributed by atoms with Gasteiger partial charge in [-0.1, -0.05) is 63.7 Å². The number of imide groups is 1. The normalized spacial score (nSPS) is 39.2. The second kappa shape index (κ2) is 10.4. The van der Waals surface area contributed by atoms with Crippen LogP contribution in [0.15, 0.2) is 11.6 Å². The molecule has 1 aliphatic heterocycles. The summed E-state index contributed by atoms with van der Waals surface area (Å²) in [5.74, 6) is 3.10. The average Bonchev–Trinajstić information content (AvgIpc) is 3.35. The van der Waals surface area contributed by atoms with Crippen molar-refractivity contribution in [1.29, 1.82) is 0 Å². The second-order valence-electron chi connectivity index (χ2n) is 13.7. The summed E-state index contributed by atoms with van der Waals surface area (Å²) in [5.41, 5.74) is 2.14. The Bertz CT molecular complexity index is 926. The molecule has 5 rings (SSSR count). The highest BCUT2D eigenvalue weighted by Gasteiger charge is 2.58. The van der Waals surface area contributed by atoms with Crippen molar-refractivity contribution in [2.75, 3.05) is 0 Å². The van der Waals surface area contributed by atoms with E-state index in [2.05, 4.69) is 33.8 Å². The maximum Gasteiger partial charge on any atom is 0.534 e. The van der Waals surface area contributed by atoms with Gasteiger partial charge in [0.1, 0.15) is 6.10 Å². The Morgan fingerprint density at radius 2 is 1.78 bits per heavy atom. The van der Waals surface area contributed by atoms with Gasteiger partial charge in [0.15, 0.2) is 0 Å². The predicted octanol–water partition coefficient (Wildman–Crippen LogP) is 7.37. The first-order valence-corrected chi connectivity index (χ1v) is 15.1. The van der Waals surface area contributed by atoms with Crippen LogP contribution in [0.5, 0.6) is 0 Å². The summed E-state index contributed by atoms with van der Waals surface area (Å²) < 4.78 is 5.59. The first-order valence-electron chi connectivity index (χ1n) is 15.1. The van der Waals surface area contributed by atoms with E-state index >= 15 is 0 Å². The molecule has 2 unspecified atom stereocenters. The quantitative estimate of drug-likeness (QED) is 0.154. The Hall–Kier alpha value is -1.85. The molecule has 1 saturated heterocycles. The number of carbonyl (C=O) groups excluding carboxylic acids is 3. The van der Waals surface area contributed by atoms with Crippen LogP contribution in [0.3, 0.4) is 0 Å². The minimum atomic E-state index is -0.940. The molecule has 5 aliphatic rings. The van der Waals surface area contributed by atoms with Gasteiger partial charge in [0.25, 0.3) is 11.8 Å². The van der Waals surface area contributed by atoms with E-state index in [0.717, 1.165) is 55.3 Å². The van der Waals surface area contributed by atoms with Crippen LogP contribution in [-0.2, 0) is 19.2 Å². The SMILES string of the molecule is CC(C)CCCC[C@H]1CC[C@H]2C3CC=C4C[C@@H](OC(=O)ON5C(=O)CCC5=O)CC[C@]4(C)C3CC[C@]12C. The molecular weight excluding hydrogens is 466 g/mol. The lowest BCUT2D eigenvalue weighted by molar-refractivity contribution is -0.179. The molecule has 6 nitrogen and oxygen atoms in total. The third kappa shape index (κ3) is 4.98. The number of amides is 2. The van der Waals surface area contributed by atoms with E-state index in [-0.39, 0.29) is 24.4 Å². The summed E-state index contributed by atoms with van der Waals surface area (Å²) in [6.45, 7) is 9.77. The molecule has 7 atom stereocenters. The average molecular weight is 514 g/mol. The maximum absolute atomic E-state index is 12.3. The lowest BCUT2D eigenvalue weighted by Crippen LogP contribution is -2.50. The van der Waals surface area contributed by atoms with Crippen molar-refractivity contribution >= 4 is 18.0 Å². The number of unbranched alkanes of at least 4 members (excludes halogenated alkanes) is 1. The molecule has 0 aromatic rings. The monoisotopic (exact) mass is 513 g/mol. The van der Waals surface area contributed by atoms with E-state index in [9.17, 15) is 14.4 Å². The molecule has 0 aromatic carbocycles. The number of ether oxygens (including phenoxy) is 1. The van der Waals surface area contributed by atoms with Crippen molar-refractivity contribution in [3.05, 3.63) is 11.6 Å². The number of allylic oxidation sites excluding steroid dienone is 1. The minimum absolute atomic E-state index is 0.0856. The van der Waals surface area contributed by atoms with Gasteiger partial charge in [-0.15, -0.1) is 0 Å². The third-order valence-corrected chi connectivity index (χ3v) is 11.3.